The van der Waals surface area contributed by atoms with E-state index >= 15 is 0 Å². The summed E-state index contributed by atoms with van der Waals surface area (Å²) >= 11 is 7.19. The molecule has 3 aromatic rings. The number of aryl methyl sites for hydroxylation is 2. The highest BCUT2D eigenvalue weighted by atomic mass is 35.5. The van der Waals surface area contributed by atoms with Crippen LogP contribution in [0.2, 0.25) is 5.02 Å². The summed E-state index contributed by atoms with van der Waals surface area (Å²) in [6.45, 7) is 3.38. The minimum Gasteiger partial charge on any atom is -0.360 e. The Kier molecular flexibility index (Phi) is 5.67. The number of sulfonamides is 1. The van der Waals surface area contributed by atoms with E-state index in [1.807, 2.05) is 17.5 Å². The molecule has 1 amide bonds. The molecular formula is C19H19ClN4O4S2. The van der Waals surface area contributed by atoms with Crippen molar-refractivity contribution in [1.29, 1.82) is 0 Å². The molecule has 0 unspecified atom stereocenters. The van der Waals surface area contributed by atoms with Gasteiger partial charge in [-0.2, -0.15) is 4.31 Å². The maximum absolute atomic E-state index is 13.1. The Morgan fingerprint density at radius 3 is 2.70 bits per heavy atom. The molecule has 0 radical (unpaired) electrons. The number of hydrogen-bond acceptors (Lipinski definition) is 7. The average molecular weight is 467 g/mol. The molecule has 1 aliphatic rings. The summed E-state index contributed by atoms with van der Waals surface area (Å²) in [5.41, 5.74) is 1.87. The lowest BCUT2D eigenvalue weighted by molar-refractivity contribution is -0.119. The maximum atomic E-state index is 13.1. The number of carbonyl (C=O) groups is 1. The molecule has 4 rings (SSSR count). The topological polar surface area (TPSA) is 105 Å². The Hall–Kier alpha value is -2.27. The molecular weight excluding hydrogens is 448 g/mol. The number of amides is 1. The lowest BCUT2D eigenvalue weighted by Gasteiger charge is -2.22. The fourth-order valence-electron chi connectivity index (χ4n) is 3.52. The van der Waals surface area contributed by atoms with Crippen LogP contribution in [0.25, 0.3) is 11.3 Å². The summed E-state index contributed by atoms with van der Waals surface area (Å²) in [6, 6.07) is 6.41. The van der Waals surface area contributed by atoms with Crippen LogP contribution in [0.3, 0.4) is 0 Å². The van der Waals surface area contributed by atoms with Gasteiger partial charge in [-0.15, -0.1) is 11.3 Å². The van der Waals surface area contributed by atoms with Gasteiger partial charge in [-0.3, -0.25) is 4.79 Å². The molecule has 0 aliphatic carbocycles. The molecule has 1 fully saturated rings. The summed E-state index contributed by atoms with van der Waals surface area (Å²) in [7, 11) is -3.90. The van der Waals surface area contributed by atoms with Crippen molar-refractivity contribution in [3.8, 4) is 11.3 Å². The highest BCUT2D eigenvalue weighted by Crippen LogP contribution is 2.31. The maximum Gasteiger partial charge on any atom is 0.249 e. The van der Waals surface area contributed by atoms with Crippen molar-refractivity contribution in [3.63, 3.8) is 0 Å². The molecule has 1 N–H and O–H groups in total. The highest BCUT2D eigenvalue weighted by molar-refractivity contribution is 7.89. The molecule has 158 valence electrons. The molecule has 0 bridgehead atoms. The first-order chi connectivity index (χ1) is 14.3. The van der Waals surface area contributed by atoms with Crippen LogP contribution < -0.4 is 5.32 Å². The van der Waals surface area contributed by atoms with Crippen molar-refractivity contribution in [2.45, 2.75) is 37.6 Å². The summed E-state index contributed by atoms with van der Waals surface area (Å²) in [6.07, 6.45) is 1.03. The second kappa shape index (κ2) is 8.10. The number of halogens is 1. The van der Waals surface area contributed by atoms with Crippen molar-refractivity contribution in [2.24, 2.45) is 0 Å². The molecule has 1 atom stereocenters. The van der Waals surface area contributed by atoms with E-state index in [0.717, 1.165) is 5.56 Å². The third kappa shape index (κ3) is 3.87. The minimum absolute atomic E-state index is 0.0291. The van der Waals surface area contributed by atoms with Crippen molar-refractivity contribution < 1.29 is 17.7 Å². The van der Waals surface area contributed by atoms with E-state index < -0.39 is 22.0 Å². The number of benzene rings is 1. The molecule has 2 aromatic heterocycles. The Bertz CT molecular complexity index is 1170. The van der Waals surface area contributed by atoms with Crippen LogP contribution in [0.4, 0.5) is 5.13 Å². The summed E-state index contributed by atoms with van der Waals surface area (Å²) < 4.78 is 32.5. The molecule has 3 heterocycles. The fraction of sp³-hybridized carbons (Fsp3) is 0.316. The second-order valence-electron chi connectivity index (χ2n) is 6.96. The summed E-state index contributed by atoms with van der Waals surface area (Å²) in [5, 5.41) is 9.35. The summed E-state index contributed by atoms with van der Waals surface area (Å²) in [4.78, 5) is 17.4. The first-order valence-electron chi connectivity index (χ1n) is 9.24. The average Bonchev–Trinajstić information content (AvgIpc) is 3.43. The number of carbonyl (C=O) groups excluding carboxylic acids is 1. The van der Waals surface area contributed by atoms with Crippen LogP contribution in [-0.2, 0) is 14.8 Å². The zero-order chi connectivity index (χ0) is 21.5. The molecule has 0 spiro atoms. The first-order valence-corrected chi connectivity index (χ1v) is 11.9. The fourth-order valence-corrected chi connectivity index (χ4v) is 6.32. The zero-order valence-corrected chi connectivity index (χ0v) is 18.6. The molecule has 1 saturated heterocycles. The predicted molar refractivity (Wildman–Crippen MR) is 114 cm³/mol. The van der Waals surface area contributed by atoms with E-state index in [2.05, 4.69) is 15.5 Å². The molecule has 11 heteroatoms. The number of thiazole rings is 1. The highest BCUT2D eigenvalue weighted by Gasteiger charge is 2.42. The zero-order valence-electron chi connectivity index (χ0n) is 16.3. The van der Waals surface area contributed by atoms with Gasteiger partial charge in [0.05, 0.1) is 5.69 Å². The van der Waals surface area contributed by atoms with Crippen molar-refractivity contribution in [2.75, 3.05) is 11.9 Å². The Morgan fingerprint density at radius 2 is 2.03 bits per heavy atom. The van der Waals surface area contributed by atoms with Crippen molar-refractivity contribution in [3.05, 3.63) is 46.1 Å². The molecule has 1 aromatic carbocycles. The predicted octanol–water partition coefficient (Wildman–Crippen LogP) is 3.86. The van der Waals surface area contributed by atoms with Gasteiger partial charge < -0.3 is 9.84 Å². The van der Waals surface area contributed by atoms with Gasteiger partial charge in [0.15, 0.2) is 10.9 Å². The van der Waals surface area contributed by atoms with E-state index in [1.54, 1.807) is 26.0 Å². The number of nitrogens with zero attached hydrogens (tertiary/aromatic N) is 3. The van der Waals surface area contributed by atoms with Gasteiger partial charge in [0.2, 0.25) is 15.9 Å². The monoisotopic (exact) mass is 466 g/mol. The molecule has 1 aliphatic heterocycles. The van der Waals surface area contributed by atoms with Crippen LogP contribution in [0.5, 0.6) is 0 Å². The van der Waals surface area contributed by atoms with Gasteiger partial charge in [0.1, 0.15) is 16.6 Å². The SMILES string of the molecule is Cc1noc(C)c1S(=O)(=O)N1CCC[C@H]1C(=O)Nc1nc(-c2ccc(Cl)cc2)cs1. The van der Waals surface area contributed by atoms with Crippen molar-refractivity contribution >= 4 is 44.0 Å². The Labute approximate surface area is 182 Å². The van der Waals surface area contributed by atoms with Gasteiger partial charge in [-0.05, 0) is 38.8 Å². The number of rotatable bonds is 5. The van der Waals surface area contributed by atoms with Gasteiger partial charge in [-0.1, -0.05) is 28.9 Å². The minimum atomic E-state index is -3.90. The largest absolute Gasteiger partial charge is 0.360 e. The number of nitrogens with one attached hydrogen (secondary N) is 1. The number of hydrogen-bond donors (Lipinski definition) is 1. The number of aromatic nitrogens is 2. The van der Waals surface area contributed by atoms with Gasteiger partial charge in [-0.25, -0.2) is 13.4 Å². The van der Waals surface area contributed by atoms with E-state index in [9.17, 15) is 13.2 Å². The van der Waals surface area contributed by atoms with Crippen LogP contribution >= 0.6 is 22.9 Å². The van der Waals surface area contributed by atoms with E-state index in [-0.39, 0.29) is 22.9 Å². The van der Waals surface area contributed by atoms with Gasteiger partial charge >= 0.3 is 0 Å². The van der Waals surface area contributed by atoms with E-state index in [4.69, 9.17) is 16.1 Å². The second-order valence-corrected chi connectivity index (χ2v) is 10.1. The van der Waals surface area contributed by atoms with Gasteiger partial charge in [0, 0.05) is 22.5 Å². The third-order valence-corrected chi connectivity index (χ3v) is 8.08. The van der Waals surface area contributed by atoms with Crippen LogP contribution in [0.1, 0.15) is 24.3 Å². The lowest BCUT2D eigenvalue weighted by atomic mass is 10.2. The first kappa shape index (κ1) is 21.0. The van der Waals surface area contributed by atoms with Crippen LogP contribution in [-0.4, -0.2) is 41.4 Å². The normalized spacial score (nSPS) is 17.4. The standard InChI is InChI=1S/C19H19ClN4O4S2/c1-11-17(12(2)28-23-11)30(26,27)24-9-3-4-16(24)18(25)22-19-21-15(10-29-19)13-5-7-14(20)8-6-13/h5-8,10,16H,3-4,9H2,1-2H3,(H,21,22,25)/t16-/m0/s1. The Balaban J connectivity index is 1.53. The Morgan fingerprint density at radius 1 is 1.30 bits per heavy atom. The third-order valence-electron chi connectivity index (χ3n) is 4.92. The van der Waals surface area contributed by atoms with Crippen LogP contribution in [0.15, 0.2) is 39.1 Å². The molecule has 8 nitrogen and oxygen atoms in total. The molecule has 30 heavy (non-hydrogen) atoms. The van der Waals surface area contributed by atoms with Gasteiger partial charge in [0.25, 0.3) is 0 Å². The van der Waals surface area contributed by atoms with Crippen LogP contribution in [0, 0.1) is 13.8 Å². The van der Waals surface area contributed by atoms with E-state index in [0.29, 0.717) is 28.7 Å². The smallest absolute Gasteiger partial charge is 0.249 e. The quantitative estimate of drug-likeness (QED) is 0.612. The van der Waals surface area contributed by atoms with Crippen molar-refractivity contribution in [1.82, 2.24) is 14.4 Å². The summed E-state index contributed by atoms with van der Waals surface area (Å²) in [5.74, 6) is -0.189. The number of anilines is 1. The van der Waals surface area contributed by atoms with E-state index in [1.165, 1.54) is 15.6 Å². The molecule has 0 saturated carbocycles. The lowest BCUT2D eigenvalue weighted by Crippen LogP contribution is -2.43.